The van der Waals surface area contributed by atoms with Gasteiger partial charge in [-0.3, -0.25) is 0 Å². The van der Waals surface area contributed by atoms with Crippen LogP contribution >= 0.6 is 23.1 Å². The molecule has 0 aliphatic rings. The van der Waals surface area contributed by atoms with E-state index in [1.54, 1.807) is 20.1 Å². The molecule has 0 N–H and O–H groups in total. The predicted molar refractivity (Wildman–Crippen MR) is 69.8 cm³/mol. The lowest BCUT2D eigenvalue weighted by molar-refractivity contribution is 0.0606. The van der Waals surface area contributed by atoms with Crippen LogP contribution in [-0.2, 0) is 14.6 Å². The van der Waals surface area contributed by atoms with E-state index in [0.29, 0.717) is 9.09 Å². The first kappa shape index (κ1) is 14.5. The van der Waals surface area contributed by atoms with Crippen LogP contribution in [0, 0.1) is 0 Å². The fraction of sp³-hybridized carbons (Fsp3) is 0.500. The molecule has 0 radical (unpaired) electrons. The van der Waals surface area contributed by atoms with E-state index >= 15 is 0 Å². The maximum Gasteiger partial charge on any atom is 0.348 e. The smallest absolute Gasteiger partial charge is 0.348 e. The zero-order valence-corrected chi connectivity index (χ0v) is 12.5. The van der Waals surface area contributed by atoms with Gasteiger partial charge in [-0.2, -0.15) is 0 Å². The standard InChI is InChI=1S/C10H14O4S3/c1-6(2)17(12,13)8-5-7(9(11)14-3)16-10(8)15-4/h5-6H,1-4H3. The van der Waals surface area contributed by atoms with E-state index in [0.717, 1.165) is 11.3 Å². The van der Waals surface area contributed by atoms with Crippen molar-refractivity contribution in [1.29, 1.82) is 0 Å². The van der Waals surface area contributed by atoms with Crippen LogP contribution in [0.3, 0.4) is 0 Å². The number of hydrogen-bond acceptors (Lipinski definition) is 6. The highest BCUT2D eigenvalue weighted by Crippen LogP contribution is 2.35. The first-order chi connectivity index (χ1) is 7.84. The van der Waals surface area contributed by atoms with Crippen LogP contribution in [0.5, 0.6) is 0 Å². The Morgan fingerprint density at radius 1 is 1.47 bits per heavy atom. The zero-order chi connectivity index (χ0) is 13.2. The highest BCUT2D eigenvalue weighted by Gasteiger charge is 2.26. The van der Waals surface area contributed by atoms with Gasteiger partial charge in [-0.1, -0.05) is 0 Å². The fourth-order valence-electron chi connectivity index (χ4n) is 1.15. The molecule has 1 aromatic rings. The molecule has 0 atom stereocenters. The lowest BCUT2D eigenvalue weighted by atomic mass is 10.5. The van der Waals surface area contributed by atoms with E-state index in [1.807, 2.05) is 0 Å². The van der Waals surface area contributed by atoms with Gasteiger partial charge >= 0.3 is 5.97 Å². The molecule has 96 valence electrons. The lowest BCUT2D eigenvalue weighted by Gasteiger charge is -2.06. The minimum absolute atomic E-state index is 0.227. The minimum Gasteiger partial charge on any atom is -0.465 e. The normalized spacial score (nSPS) is 11.8. The Bertz CT molecular complexity index is 514. The highest BCUT2D eigenvalue weighted by atomic mass is 32.2. The summed E-state index contributed by atoms with van der Waals surface area (Å²) in [4.78, 5) is 11.9. The molecule has 4 nitrogen and oxygen atoms in total. The van der Waals surface area contributed by atoms with Crippen molar-refractivity contribution in [3.8, 4) is 0 Å². The number of carbonyl (C=O) groups is 1. The van der Waals surface area contributed by atoms with E-state index in [9.17, 15) is 13.2 Å². The monoisotopic (exact) mass is 294 g/mol. The van der Waals surface area contributed by atoms with Gasteiger partial charge < -0.3 is 4.74 Å². The second kappa shape index (κ2) is 5.41. The molecule has 1 rings (SSSR count). The molecular formula is C10H14O4S3. The summed E-state index contributed by atoms with van der Waals surface area (Å²) in [5.74, 6) is -0.504. The first-order valence-electron chi connectivity index (χ1n) is 4.84. The Morgan fingerprint density at radius 3 is 2.47 bits per heavy atom. The fourth-order valence-corrected chi connectivity index (χ4v) is 4.89. The molecule has 0 fully saturated rings. The SMILES string of the molecule is COC(=O)c1cc(S(=O)(=O)C(C)C)c(SC)s1. The summed E-state index contributed by atoms with van der Waals surface area (Å²) in [6.07, 6.45) is 1.78. The molecule has 0 spiro atoms. The Morgan fingerprint density at radius 2 is 2.06 bits per heavy atom. The van der Waals surface area contributed by atoms with Crippen molar-refractivity contribution in [3.63, 3.8) is 0 Å². The van der Waals surface area contributed by atoms with Gasteiger partial charge in [0.05, 0.1) is 21.5 Å². The molecule has 0 bridgehead atoms. The summed E-state index contributed by atoms with van der Waals surface area (Å²) >= 11 is 2.47. The number of esters is 1. The summed E-state index contributed by atoms with van der Waals surface area (Å²) in [5.41, 5.74) is 0. The summed E-state index contributed by atoms with van der Waals surface area (Å²) in [5, 5.41) is -0.506. The van der Waals surface area contributed by atoms with E-state index in [2.05, 4.69) is 4.74 Å². The number of carbonyl (C=O) groups excluding carboxylic acids is 1. The Hall–Kier alpha value is -0.530. The number of rotatable bonds is 4. The van der Waals surface area contributed by atoms with Crippen molar-refractivity contribution in [3.05, 3.63) is 10.9 Å². The number of thiophene rings is 1. The molecule has 0 saturated heterocycles. The van der Waals surface area contributed by atoms with Crippen LogP contribution in [0.15, 0.2) is 15.2 Å². The van der Waals surface area contributed by atoms with Crippen LogP contribution in [0.25, 0.3) is 0 Å². The number of methoxy groups -OCH3 is 1. The average molecular weight is 294 g/mol. The second-order valence-electron chi connectivity index (χ2n) is 3.55. The van der Waals surface area contributed by atoms with Crippen molar-refractivity contribution in [2.45, 2.75) is 28.2 Å². The van der Waals surface area contributed by atoms with Crippen LogP contribution in [0.4, 0.5) is 0 Å². The van der Waals surface area contributed by atoms with E-state index < -0.39 is 21.1 Å². The molecule has 0 saturated carbocycles. The van der Waals surface area contributed by atoms with Gasteiger partial charge in [0, 0.05) is 0 Å². The number of ether oxygens (including phenoxy) is 1. The lowest BCUT2D eigenvalue weighted by Crippen LogP contribution is -2.13. The van der Waals surface area contributed by atoms with Crippen molar-refractivity contribution in [1.82, 2.24) is 0 Å². The first-order valence-corrected chi connectivity index (χ1v) is 8.43. The van der Waals surface area contributed by atoms with Gasteiger partial charge in [0.2, 0.25) is 0 Å². The van der Waals surface area contributed by atoms with Crippen LogP contribution in [-0.4, -0.2) is 33.0 Å². The van der Waals surface area contributed by atoms with Gasteiger partial charge in [0.25, 0.3) is 0 Å². The van der Waals surface area contributed by atoms with Gasteiger partial charge in [0.1, 0.15) is 4.88 Å². The van der Waals surface area contributed by atoms with E-state index in [1.165, 1.54) is 24.9 Å². The third-order valence-electron chi connectivity index (χ3n) is 2.17. The molecule has 1 heterocycles. The van der Waals surface area contributed by atoms with Crippen molar-refractivity contribution in [2.75, 3.05) is 13.4 Å². The summed E-state index contributed by atoms with van der Waals surface area (Å²) in [6.45, 7) is 3.24. The van der Waals surface area contributed by atoms with Crippen molar-refractivity contribution >= 4 is 38.9 Å². The van der Waals surface area contributed by atoms with Crippen LogP contribution < -0.4 is 0 Å². The third kappa shape index (κ3) is 2.83. The quantitative estimate of drug-likeness (QED) is 0.630. The molecule has 0 amide bonds. The molecule has 0 aromatic carbocycles. The molecule has 0 aliphatic heterocycles. The summed E-state index contributed by atoms with van der Waals surface area (Å²) in [7, 11) is -2.08. The van der Waals surface area contributed by atoms with Gasteiger partial charge in [-0.25, -0.2) is 13.2 Å². The Labute approximate surface area is 109 Å². The maximum absolute atomic E-state index is 12.1. The minimum atomic E-state index is -3.36. The maximum atomic E-state index is 12.1. The topological polar surface area (TPSA) is 60.4 Å². The molecule has 7 heteroatoms. The number of hydrogen-bond donors (Lipinski definition) is 0. The van der Waals surface area contributed by atoms with E-state index in [4.69, 9.17) is 0 Å². The zero-order valence-electron chi connectivity index (χ0n) is 10.0. The van der Waals surface area contributed by atoms with Crippen LogP contribution in [0.2, 0.25) is 0 Å². The largest absolute Gasteiger partial charge is 0.465 e. The Kier molecular flexibility index (Phi) is 4.62. The average Bonchev–Trinajstić information content (AvgIpc) is 2.72. The van der Waals surface area contributed by atoms with Gasteiger partial charge in [-0.05, 0) is 26.2 Å². The molecule has 0 aliphatic carbocycles. The van der Waals surface area contributed by atoms with Crippen molar-refractivity contribution in [2.24, 2.45) is 0 Å². The molecular weight excluding hydrogens is 280 g/mol. The third-order valence-corrected chi connectivity index (χ3v) is 6.85. The highest BCUT2D eigenvalue weighted by molar-refractivity contribution is 8.01. The number of sulfone groups is 1. The second-order valence-corrected chi connectivity index (χ2v) is 8.15. The van der Waals surface area contributed by atoms with Crippen molar-refractivity contribution < 1.29 is 17.9 Å². The van der Waals surface area contributed by atoms with Gasteiger partial charge in [0.15, 0.2) is 9.84 Å². The Balaban J connectivity index is 3.35. The summed E-state index contributed by atoms with van der Waals surface area (Å²) < 4.78 is 29.4. The van der Waals surface area contributed by atoms with Gasteiger partial charge in [-0.15, -0.1) is 23.1 Å². The predicted octanol–water partition coefficient (Wildman–Crippen LogP) is 2.44. The van der Waals surface area contributed by atoms with Crippen LogP contribution in [0.1, 0.15) is 23.5 Å². The molecule has 1 aromatic heterocycles. The number of thioether (sulfide) groups is 1. The summed E-state index contributed by atoms with van der Waals surface area (Å²) in [6, 6.07) is 1.40. The molecule has 17 heavy (non-hydrogen) atoms. The molecule has 0 unspecified atom stereocenters. The van der Waals surface area contributed by atoms with E-state index in [-0.39, 0.29) is 4.90 Å².